The summed E-state index contributed by atoms with van der Waals surface area (Å²) < 4.78 is 29.0. The Labute approximate surface area is 148 Å². The van der Waals surface area contributed by atoms with Crippen molar-refractivity contribution in [1.82, 2.24) is 9.62 Å². The van der Waals surface area contributed by atoms with Gasteiger partial charge in [-0.15, -0.1) is 11.3 Å². The fraction of sp³-hybridized carbons (Fsp3) is 0.579. The lowest BCUT2D eigenvalue weighted by atomic mass is 10.0. The first-order chi connectivity index (χ1) is 11.2. The second-order valence-corrected chi connectivity index (χ2v) is 9.49. The fourth-order valence-corrected chi connectivity index (χ4v) is 4.18. The molecule has 0 bridgehead atoms. The number of rotatable bonds is 6. The summed E-state index contributed by atoms with van der Waals surface area (Å²) in [6, 6.07) is 7.36. The lowest BCUT2D eigenvalue weighted by molar-refractivity contribution is 0.191. The lowest BCUT2D eigenvalue weighted by Crippen LogP contribution is -2.51. The Bertz CT molecular complexity index is 561. The minimum atomic E-state index is -1.10. The Morgan fingerprint density at radius 1 is 1.46 bits per heavy atom. The molecule has 1 aromatic rings. The van der Waals surface area contributed by atoms with Crippen molar-refractivity contribution in [1.29, 1.82) is 0 Å². The Hall–Kier alpha value is -0.880. The van der Waals surface area contributed by atoms with E-state index in [0.29, 0.717) is 0 Å². The van der Waals surface area contributed by atoms with E-state index in [4.69, 9.17) is 0 Å². The first kappa shape index (κ1) is 19.4. The van der Waals surface area contributed by atoms with E-state index in [1.165, 1.54) is 6.07 Å². The summed E-state index contributed by atoms with van der Waals surface area (Å²) in [6.45, 7) is 12.6. The van der Waals surface area contributed by atoms with Gasteiger partial charge in [0.2, 0.25) is 0 Å². The first-order valence-corrected chi connectivity index (χ1v) is 9.69. The Kier molecular flexibility index (Phi) is 6.48. The summed E-state index contributed by atoms with van der Waals surface area (Å²) in [6.07, 6.45) is 3.85. The van der Waals surface area contributed by atoms with Crippen molar-refractivity contribution < 1.29 is 8.94 Å². The van der Waals surface area contributed by atoms with Crippen LogP contribution in [0.4, 0.5) is 4.39 Å². The number of nitrogens with zero attached hydrogens (tertiary/aromatic N) is 1. The van der Waals surface area contributed by atoms with Crippen LogP contribution in [0.25, 0.3) is 0 Å². The minimum absolute atomic E-state index is 0.0866. The van der Waals surface area contributed by atoms with Crippen LogP contribution >= 0.6 is 0 Å². The van der Waals surface area contributed by atoms with E-state index < -0.39 is 11.4 Å². The van der Waals surface area contributed by atoms with Crippen LogP contribution in [0.1, 0.15) is 52.1 Å². The van der Waals surface area contributed by atoms with Crippen LogP contribution < -0.4 is 4.72 Å². The second-order valence-electron chi connectivity index (χ2n) is 7.49. The predicted octanol–water partition coefficient (Wildman–Crippen LogP) is 3.96. The molecule has 5 heteroatoms. The highest BCUT2D eigenvalue weighted by Gasteiger charge is 2.39. The standard InChI is InChI=1S/C19H29FN2OS/c1-6-12-22-17(14(2)21-24(23)19(3,4)5)10-11-18(22)15-8-7-9-16(20)13-15/h6-9,13-14,17-18,21H,1,10-12H2,2-5H3/t14?,17-,18+,24?/m1/s1. The minimum Gasteiger partial charge on any atom is -0.598 e. The summed E-state index contributed by atoms with van der Waals surface area (Å²) in [5.74, 6) is -0.200. The van der Waals surface area contributed by atoms with Crippen LogP contribution in [0, 0.1) is 5.82 Å². The third kappa shape index (κ3) is 4.60. The average molecular weight is 353 g/mol. The maximum Gasteiger partial charge on any atom is 0.136 e. The smallest absolute Gasteiger partial charge is 0.136 e. The van der Waals surface area contributed by atoms with E-state index in [0.717, 1.165) is 24.9 Å². The van der Waals surface area contributed by atoms with Gasteiger partial charge in [0.15, 0.2) is 0 Å². The number of likely N-dealkylation sites (tertiary alicyclic amines) is 1. The lowest BCUT2D eigenvalue weighted by Gasteiger charge is -2.35. The molecule has 0 radical (unpaired) electrons. The van der Waals surface area contributed by atoms with Crippen LogP contribution in [0.5, 0.6) is 0 Å². The number of benzene rings is 1. The third-order valence-corrected chi connectivity index (χ3v) is 6.26. The summed E-state index contributed by atoms with van der Waals surface area (Å²) in [5.41, 5.74) is 1.00. The molecule has 1 heterocycles. The molecule has 1 saturated heterocycles. The molecule has 1 N–H and O–H groups in total. The molecule has 0 aliphatic carbocycles. The van der Waals surface area contributed by atoms with E-state index in [2.05, 4.69) is 23.1 Å². The van der Waals surface area contributed by atoms with Crippen molar-refractivity contribution in [3.63, 3.8) is 0 Å². The number of hydrogen-bond donors (Lipinski definition) is 1. The van der Waals surface area contributed by atoms with Crippen molar-refractivity contribution >= 4 is 11.4 Å². The van der Waals surface area contributed by atoms with Gasteiger partial charge in [0.05, 0.1) is 6.04 Å². The molecule has 0 aromatic heterocycles. The Morgan fingerprint density at radius 3 is 2.75 bits per heavy atom. The molecule has 2 rings (SSSR count). The molecular formula is C19H29FN2OS. The van der Waals surface area contributed by atoms with Crippen molar-refractivity contribution in [3.8, 4) is 0 Å². The predicted molar refractivity (Wildman–Crippen MR) is 99.6 cm³/mol. The monoisotopic (exact) mass is 352 g/mol. The Morgan fingerprint density at radius 2 is 2.17 bits per heavy atom. The SMILES string of the molecule is C=CCN1[C@@H](C(C)N[S+]([O-])C(C)(C)C)CC[C@H]1c1cccc(F)c1. The summed E-state index contributed by atoms with van der Waals surface area (Å²) in [5, 5.41) is 0. The first-order valence-electron chi connectivity index (χ1n) is 8.54. The van der Waals surface area contributed by atoms with E-state index >= 15 is 0 Å². The second kappa shape index (κ2) is 8.00. The van der Waals surface area contributed by atoms with E-state index in [-0.39, 0.29) is 28.7 Å². The molecule has 1 fully saturated rings. The highest BCUT2D eigenvalue weighted by Crippen LogP contribution is 2.37. The molecule has 0 amide bonds. The van der Waals surface area contributed by atoms with Gasteiger partial charge in [-0.1, -0.05) is 18.2 Å². The van der Waals surface area contributed by atoms with E-state index in [1.807, 2.05) is 32.9 Å². The van der Waals surface area contributed by atoms with Crippen molar-refractivity contribution in [3.05, 3.63) is 48.3 Å². The molecule has 4 atom stereocenters. The molecule has 3 nitrogen and oxygen atoms in total. The summed E-state index contributed by atoms with van der Waals surface area (Å²) in [4.78, 5) is 2.35. The van der Waals surface area contributed by atoms with Gasteiger partial charge in [-0.05, 0) is 58.2 Å². The maximum atomic E-state index is 13.6. The van der Waals surface area contributed by atoms with Gasteiger partial charge in [-0.25, -0.2) is 4.39 Å². The maximum absolute atomic E-state index is 13.6. The molecule has 134 valence electrons. The quantitative estimate of drug-likeness (QED) is 0.622. The zero-order chi connectivity index (χ0) is 17.9. The third-order valence-electron chi connectivity index (χ3n) is 4.56. The van der Waals surface area contributed by atoms with Crippen molar-refractivity contribution in [2.24, 2.45) is 0 Å². The number of nitrogens with one attached hydrogen (secondary N) is 1. The number of halogens is 1. The molecule has 1 aromatic carbocycles. The van der Waals surface area contributed by atoms with Crippen LogP contribution in [0.15, 0.2) is 36.9 Å². The van der Waals surface area contributed by atoms with Gasteiger partial charge < -0.3 is 4.55 Å². The molecule has 1 aliphatic heterocycles. The van der Waals surface area contributed by atoms with Crippen LogP contribution in [0.3, 0.4) is 0 Å². The molecule has 1 aliphatic rings. The number of hydrogen-bond acceptors (Lipinski definition) is 3. The highest BCUT2D eigenvalue weighted by molar-refractivity contribution is 7.90. The molecule has 0 saturated carbocycles. The van der Waals surface area contributed by atoms with Gasteiger partial charge >= 0.3 is 0 Å². The van der Waals surface area contributed by atoms with Crippen LogP contribution in [0.2, 0.25) is 0 Å². The van der Waals surface area contributed by atoms with Crippen LogP contribution in [-0.4, -0.2) is 32.8 Å². The van der Waals surface area contributed by atoms with Gasteiger partial charge in [0.25, 0.3) is 0 Å². The fourth-order valence-electron chi connectivity index (χ4n) is 3.34. The van der Waals surface area contributed by atoms with E-state index in [9.17, 15) is 8.94 Å². The highest BCUT2D eigenvalue weighted by atomic mass is 32.2. The Balaban J connectivity index is 2.14. The average Bonchev–Trinajstić information content (AvgIpc) is 2.90. The van der Waals surface area contributed by atoms with Crippen molar-refractivity contribution in [2.75, 3.05) is 6.54 Å². The van der Waals surface area contributed by atoms with E-state index in [1.54, 1.807) is 12.1 Å². The van der Waals surface area contributed by atoms with Gasteiger partial charge in [0.1, 0.15) is 10.6 Å². The van der Waals surface area contributed by atoms with Crippen molar-refractivity contribution in [2.45, 2.75) is 63.4 Å². The molecular weight excluding hydrogens is 323 g/mol. The summed E-state index contributed by atoms with van der Waals surface area (Å²) >= 11 is -1.10. The zero-order valence-electron chi connectivity index (χ0n) is 15.1. The zero-order valence-corrected chi connectivity index (χ0v) is 15.9. The normalized spacial score (nSPS) is 24.8. The topological polar surface area (TPSA) is 38.3 Å². The molecule has 24 heavy (non-hydrogen) atoms. The van der Waals surface area contributed by atoms with Gasteiger partial charge in [0, 0.05) is 30.0 Å². The molecule has 2 unspecified atom stereocenters. The van der Waals surface area contributed by atoms with Gasteiger partial charge in [-0.3, -0.25) is 4.90 Å². The van der Waals surface area contributed by atoms with Gasteiger partial charge in [-0.2, -0.15) is 0 Å². The van der Waals surface area contributed by atoms with Crippen LogP contribution in [-0.2, 0) is 11.4 Å². The summed E-state index contributed by atoms with van der Waals surface area (Å²) in [7, 11) is 0. The largest absolute Gasteiger partial charge is 0.598 e. The molecule has 0 spiro atoms.